The number of carboxylic acid groups (broad SMARTS) is 1. The molecule has 12 heteroatoms. The average molecular weight is 516 g/mol. The normalized spacial score (nSPS) is 17.6. The van der Waals surface area contributed by atoms with E-state index in [0.717, 1.165) is 37.2 Å². The predicted molar refractivity (Wildman–Crippen MR) is 128 cm³/mol. The van der Waals surface area contributed by atoms with E-state index >= 15 is 0 Å². The second-order valence-corrected chi connectivity index (χ2v) is 8.90. The summed E-state index contributed by atoms with van der Waals surface area (Å²) >= 11 is 5.87. The second kappa shape index (κ2) is 12.6. The van der Waals surface area contributed by atoms with Crippen LogP contribution in [0, 0.1) is 12.8 Å². The number of hydrogen-bond acceptors (Lipinski definition) is 6. The number of hydrogen-bond donors (Lipinski definition) is 3. The molecule has 0 atom stereocenters. The molecule has 192 valence electrons. The Morgan fingerprint density at radius 2 is 1.69 bits per heavy atom. The van der Waals surface area contributed by atoms with E-state index in [9.17, 15) is 18.0 Å². The molecule has 1 aliphatic carbocycles. The maximum Gasteiger partial charge on any atom is 0.490 e. The summed E-state index contributed by atoms with van der Waals surface area (Å²) in [7, 11) is 3.96. The maximum atomic E-state index is 12.2. The number of aryl methyl sites for hydroxylation is 1. The molecular formula is C23H29ClF3N5O3. The molecule has 0 unspecified atom stereocenters. The Labute approximate surface area is 206 Å². The van der Waals surface area contributed by atoms with Crippen molar-refractivity contribution in [2.75, 3.05) is 30.9 Å². The minimum absolute atomic E-state index is 0.0405. The van der Waals surface area contributed by atoms with Gasteiger partial charge >= 0.3 is 12.1 Å². The Morgan fingerprint density at radius 3 is 2.20 bits per heavy atom. The van der Waals surface area contributed by atoms with E-state index in [0.29, 0.717) is 35.0 Å². The smallest absolute Gasteiger partial charge is 0.475 e. The van der Waals surface area contributed by atoms with Crippen LogP contribution < -0.4 is 15.5 Å². The first-order valence-corrected chi connectivity index (χ1v) is 11.4. The molecule has 3 rings (SSSR count). The number of halogens is 4. The highest BCUT2D eigenvalue weighted by atomic mass is 35.5. The van der Waals surface area contributed by atoms with Crippen molar-refractivity contribution in [3.8, 4) is 0 Å². The summed E-state index contributed by atoms with van der Waals surface area (Å²) in [6, 6.07) is 9.33. The van der Waals surface area contributed by atoms with Gasteiger partial charge in [-0.15, -0.1) is 0 Å². The second-order valence-electron chi connectivity index (χ2n) is 8.47. The standard InChI is InChI=1S/C21H28ClN5O.C2HF3O2/c1-14-12-19(27(2)3)26-21(24-14)25-18-10-4-15(5-11-18)13-23-20(28)16-6-8-17(22)9-7-16;3-2(4,5)1(6)7/h6-9,12,15,18H,4-5,10-11,13H2,1-3H3,(H,23,28)(H,24,25,26);(H,6,7)/t15-,18+;. The van der Waals surface area contributed by atoms with E-state index in [1.807, 2.05) is 32.0 Å². The number of nitrogens with zero attached hydrogens (tertiary/aromatic N) is 3. The molecule has 35 heavy (non-hydrogen) atoms. The molecule has 1 heterocycles. The summed E-state index contributed by atoms with van der Waals surface area (Å²) in [4.78, 5) is 32.2. The van der Waals surface area contributed by atoms with Crippen molar-refractivity contribution in [2.24, 2.45) is 5.92 Å². The van der Waals surface area contributed by atoms with Gasteiger partial charge in [-0.05, 0) is 62.8 Å². The molecular weight excluding hydrogens is 487 g/mol. The molecule has 1 aliphatic rings. The van der Waals surface area contributed by atoms with Crippen molar-refractivity contribution in [2.45, 2.75) is 44.8 Å². The van der Waals surface area contributed by atoms with Crippen molar-refractivity contribution in [1.82, 2.24) is 15.3 Å². The molecule has 3 N–H and O–H groups in total. The molecule has 1 amide bonds. The number of nitrogens with one attached hydrogen (secondary N) is 2. The Bertz CT molecular complexity index is 995. The van der Waals surface area contributed by atoms with Gasteiger partial charge < -0.3 is 20.6 Å². The van der Waals surface area contributed by atoms with Crippen molar-refractivity contribution < 1.29 is 27.9 Å². The van der Waals surface area contributed by atoms with Crippen molar-refractivity contribution >= 4 is 35.2 Å². The van der Waals surface area contributed by atoms with Crippen LogP contribution in [0.25, 0.3) is 0 Å². The molecule has 1 aromatic carbocycles. The topological polar surface area (TPSA) is 107 Å². The average Bonchev–Trinajstić information content (AvgIpc) is 2.78. The fraction of sp³-hybridized carbons (Fsp3) is 0.478. The number of amides is 1. The van der Waals surface area contributed by atoms with Gasteiger partial charge in [-0.3, -0.25) is 4.79 Å². The number of anilines is 2. The van der Waals surface area contributed by atoms with Gasteiger partial charge in [-0.2, -0.15) is 18.2 Å². The third-order valence-electron chi connectivity index (χ3n) is 5.38. The molecule has 0 radical (unpaired) electrons. The lowest BCUT2D eigenvalue weighted by molar-refractivity contribution is -0.192. The van der Waals surface area contributed by atoms with E-state index in [-0.39, 0.29) is 5.91 Å². The Balaban J connectivity index is 0.000000540. The van der Waals surface area contributed by atoms with Crippen LogP contribution in [0.4, 0.5) is 24.9 Å². The minimum Gasteiger partial charge on any atom is -0.475 e. The Hall–Kier alpha value is -3.08. The van der Waals surface area contributed by atoms with Crippen molar-refractivity contribution in [3.63, 3.8) is 0 Å². The van der Waals surface area contributed by atoms with E-state index in [1.54, 1.807) is 24.3 Å². The van der Waals surface area contributed by atoms with E-state index < -0.39 is 12.1 Å². The molecule has 0 bridgehead atoms. The van der Waals surface area contributed by atoms with Crippen LogP contribution in [0.1, 0.15) is 41.7 Å². The fourth-order valence-corrected chi connectivity index (χ4v) is 3.61. The first kappa shape index (κ1) is 28.2. The Morgan fingerprint density at radius 1 is 1.11 bits per heavy atom. The lowest BCUT2D eigenvalue weighted by Gasteiger charge is -2.29. The van der Waals surface area contributed by atoms with Crippen LogP contribution in [0.15, 0.2) is 30.3 Å². The van der Waals surface area contributed by atoms with Gasteiger partial charge in [0.1, 0.15) is 5.82 Å². The summed E-state index contributed by atoms with van der Waals surface area (Å²) in [5, 5.41) is 14.3. The molecule has 1 aromatic heterocycles. The lowest BCUT2D eigenvalue weighted by Crippen LogP contribution is -2.34. The van der Waals surface area contributed by atoms with Gasteiger partial charge in [0.2, 0.25) is 5.95 Å². The van der Waals surface area contributed by atoms with Crippen molar-refractivity contribution in [3.05, 3.63) is 46.6 Å². The predicted octanol–water partition coefficient (Wildman–Crippen LogP) is 4.54. The molecule has 0 aliphatic heterocycles. The Kier molecular flexibility index (Phi) is 10.1. The number of aliphatic carboxylic acids is 1. The summed E-state index contributed by atoms with van der Waals surface area (Å²) < 4.78 is 31.7. The zero-order chi connectivity index (χ0) is 26.2. The van der Waals surface area contributed by atoms with Crippen molar-refractivity contribution in [1.29, 1.82) is 0 Å². The minimum atomic E-state index is -5.08. The highest BCUT2D eigenvalue weighted by Crippen LogP contribution is 2.26. The molecule has 0 spiro atoms. The van der Waals surface area contributed by atoms with E-state index in [2.05, 4.69) is 20.6 Å². The number of aromatic nitrogens is 2. The third-order valence-corrected chi connectivity index (χ3v) is 5.63. The summed E-state index contributed by atoms with van der Waals surface area (Å²) in [6.45, 7) is 2.69. The molecule has 1 saturated carbocycles. The quantitative estimate of drug-likeness (QED) is 0.518. The van der Waals surface area contributed by atoms with Gasteiger partial charge in [0.05, 0.1) is 0 Å². The maximum absolute atomic E-state index is 12.2. The summed E-state index contributed by atoms with van der Waals surface area (Å²) in [5.41, 5.74) is 1.60. The number of carbonyl (C=O) groups is 2. The lowest BCUT2D eigenvalue weighted by atomic mass is 9.86. The van der Waals surface area contributed by atoms with Gasteiger partial charge in [-0.1, -0.05) is 11.6 Å². The zero-order valence-corrected chi connectivity index (χ0v) is 20.5. The molecule has 0 saturated heterocycles. The van der Waals surface area contributed by atoms with Crippen LogP contribution in [-0.4, -0.2) is 59.8 Å². The molecule has 1 fully saturated rings. The van der Waals surface area contributed by atoms with Crippen LogP contribution in [-0.2, 0) is 4.79 Å². The van der Waals surface area contributed by atoms with Crippen LogP contribution in [0.3, 0.4) is 0 Å². The number of rotatable bonds is 6. The van der Waals surface area contributed by atoms with E-state index in [4.69, 9.17) is 21.5 Å². The first-order valence-electron chi connectivity index (χ1n) is 11.0. The number of benzene rings is 1. The van der Waals surface area contributed by atoms with Crippen LogP contribution in [0.5, 0.6) is 0 Å². The first-order chi connectivity index (χ1) is 16.3. The SMILES string of the molecule is Cc1cc(N(C)C)nc(N[C@H]2CC[C@@H](CNC(=O)c3ccc(Cl)cc3)CC2)n1.O=C(O)C(F)(F)F. The summed E-state index contributed by atoms with van der Waals surface area (Å²) in [5.74, 6) is -0.685. The third kappa shape index (κ3) is 9.59. The zero-order valence-electron chi connectivity index (χ0n) is 19.7. The highest BCUT2D eigenvalue weighted by Gasteiger charge is 2.38. The number of carboxylic acids is 1. The molecule has 2 aromatic rings. The number of alkyl halides is 3. The monoisotopic (exact) mass is 515 g/mol. The van der Waals surface area contributed by atoms with Crippen LogP contribution >= 0.6 is 11.6 Å². The largest absolute Gasteiger partial charge is 0.490 e. The van der Waals surface area contributed by atoms with Gasteiger partial charge in [0.15, 0.2) is 0 Å². The van der Waals surface area contributed by atoms with Gasteiger partial charge in [-0.25, -0.2) is 9.78 Å². The van der Waals surface area contributed by atoms with Gasteiger partial charge in [0.25, 0.3) is 5.91 Å². The highest BCUT2D eigenvalue weighted by molar-refractivity contribution is 6.30. The number of carbonyl (C=O) groups excluding carboxylic acids is 1. The fourth-order valence-electron chi connectivity index (χ4n) is 3.48. The van der Waals surface area contributed by atoms with Gasteiger partial charge in [0, 0.05) is 49.0 Å². The molecule has 8 nitrogen and oxygen atoms in total. The summed E-state index contributed by atoms with van der Waals surface area (Å²) in [6.07, 6.45) is -0.831. The van der Waals surface area contributed by atoms with E-state index in [1.165, 1.54) is 0 Å². The van der Waals surface area contributed by atoms with Crippen LogP contribution in [0.2, 0.25) is 5.02 Å².